The molecule has 2 amide bonds. The highest BCUT2D eigenvalue weighted by atomic mass is 16.7. The van der Waals surface area contributed by atoms with E-state index in [1.165, 1.54) is 24.3 Å². The zero-order valence-corrected chi connectivity index (χ0v) is 16.7. The van der Waals surface area contributed by atoms with Crippen molar-refractivity contribution in [1.82, 2.24) is 15.2 Å². The molecule has 152 valence electrons. The monoisotopic (exact) mass is 405 g/mol. The normalized spacial score (nSPS) is 13.5. The van der Waals surface area contributed by atoms with Gasteiger partial charge in [-0.05, 0) is 29.7 Å². The van der Waals surface area contributed by atoms with Crippen LogP contribution in [0.2, 0.25) is 0 Å². The lowest BCUT2D eigenvalue weighted by Crippen LogP contribution is -2.32. The number of fused-ring (bicyclic) bond motifs is 1. The van der Waals surface area contributed by atoms with Gasteiger partial charge in [-0.1, -0.05) is 55.3 Å². The summed E-state index contributed by atoms with van der Waals surface area (Å²) in [5.74, 6) is -1.36. The summed E-state index contributed by atoms with van der Waals surface area (Å²) in [6.07, 6.45) is 0.613. The molecule has 8 heteroatoms. The van der Waals surface area contributed by atoms with Gasteiger partial charge >= 0.3 is 5.97 Å². The zero-order valence-electron chi connectivity index (χ0n) is 16.7. The molecule has 8 nitrogen and oxygen atoms in total. The maximum Gasteiger partial charge on any atom is 0.363 e. The first-order valence-electron chi connectivity index (χ1n) is 9.36. The van der Waals surface area contributed by atoms with Crippen LogP contribution in [0.25, 0.3) is 11.4 Å². The summed E-state index contributed by atoms with van der Waals surface area (Å²) in [6, 6.07) is 12.7. The van der Waals surface area contributed by atoms with Gasteiger partial charge in [0.1, 0.15) is 0 Å². The Morgan fingerprint density at radius 2 is 1.70 bits per heavy atom. The topological polar surface area (TPSA) is 103 Å². The van der Waals surface area contributed by atoms with Gasteiger partial charge in [0.05, 0.1) is 16.7 Å². The molecule has 0 spiro atoms. The van der Waals surface area contributed by atoms with E-state index in [1.54, 1.807) is 24.3 Å². The third-order valence-electron chi connectivity index (χ3n) is 4.44. The Bertz CT molecular complexity index is 1120. The van der Waals surface area contributed by atoms with Crippen molar-refractivity contribution in [3.05, 3.63) is 71.1 Å². The van der Waals surface area contributed by atoms with Crippen LogP contribution < -0.4 is 0 Å². The van der Waals surface area contributed by atoms with Gasteiger partial charge in [0.15, 0.2) is 0 Å². The number of carbonyl (C=O) groups is 3. The van der Waals surface area contributed by atoms with E-state index in [2.05, 4.69) is 30.9 Å². The van der Waals surface area contributed by atoms with E-state index in [0.717, 1.165) is 0 Å². The van der Waals surface area contributed by atoms with E-state index in [1.807, 2.05) is 0 Å². The summed E-state index contributed by atoms with van der Waals surface area (Å²) < 4.78 is 5.29. The molecule has 0 atom stereocenters. The van der Waals surface area contributed by atoms with E-state index < -0.39 is 17.8 Å². The molecule has 3 aromatic rings. The lowest BCUT2D eigenvalue weighted by molar-refractivity contribution is -0.0584. The molecular formula is C22H19N3O5. The summed E-state index contributed by atoms with van der Waals surface area (Å²) in [7, 11) is 0. The van der Waals surface area contributed by atoms with Crippen molar-refractivity contribution in [1.29, 1.82) is 0 Å². The molecule has 1 aromatic heterocycles. The zero-order chi connectivity index (χ0) is 21.5. The lowest BCUT2D eigenvalue weighted by Gasteiger charge is -2.13. The molecule has 0 radical (unpaired) electrons. The highest BCUT2D eigenvalue weighted by Crippen LogP contribution is 2.25. The Hall–Kier alpha value is -3.81. The molecule has 0 saturated carbocycles. The number of hydrogen-bond donors (Lipinski definition) is 0. The van der Waals surface area contributed by atoms with Crippen molar-refractivity contribution in [2.75, 3.05) is 0 Å². The minimum Gasteiger partial charge on any atom is -0.339 e. The third kappa shape index (κ3) is 3.71. The van der Waals surface area contributed by atoms with Crippen LogP contribution in [-0.2, 0) is 11.3 Å². The summed E-state index contributed by atoms with van der Waals surface area (Å²) in [6.45, 7) is 6.19. The molecule has 0 saturated heterocycles. The number of carbonyl (C=O) groups excluding carboxylic acids is 3. The fourth-order valence-electron chi connectivity index (χ4n) is 3.07. The molecule has 0 fully saturated rings. The van der Waals surface area contributed by atoms with Crippen LogP contribution in [0.3, 0.4) is 0 Å². The van der Waals surface area contributed by atoms with Crippen LogP contribution in [-0.4, -0.2) is 33.0 Å². The van der Waals surface area contributed by atoms with E-state index in [0.29, 0.717) is 28.8 Å². The highest BCUT2D eigenvalue weighted by molar-refractivity contribution is 6.21. The number of benzene rings is 2. The maximum atomic E-state index is 12.6. The number of aromatic nitrogens is 2. The summed E-state index contributed by atoms with van der Waals surface area (Å²) in [5.41, 5.74) is 1.08. The number of nitrogens with zero attached hydrogens (tertiary/aromatic N) is 3. The molecule has 30 heavy (non-hydrogen) atoms. The van der Waals surface area contributed by atoms with E-state index >= 15 is 0 Å². The molecule has 2 aromatic carbocycles. The number of rotatable bonds is 4. The second-order valence-electron chi connectivity index (χ2n) is 8.16. The van der Waals surface area contributed by atoms with Crippen molar-refractivity contribution in [2.24, 2.45) is 5.41 Å². The van der Waals surface area contributed by atoms with Crippen LogP contribution in [0.4, 0.5) is 0 Å². The molecule has 1 aliphatic heterocycles. The second-order valence-corrected chi connectivity index (χ2v) is 8.16. The van der Waals surface area contributed by atoms with Gasteiger partial charge in [-0.25, -0.2) is 4.79 Å². The predicted molar refractivity (Wildman–Crippen MR) is 105 cm³/mol. The van der Waals surface area contributed by atoms with Crippen LogP contribution in [0.5, 0.6) is 0 Å². The first-order chi connectivity index (χ1) is 14.2. The fraction of sp³-hybridized carbons (Fsp3) is 0.227. The SMILES string of the molecule is CC(C)(C)Cc1nc(-c2cccc(C(=O)ON3C(=O)c4ccccc4C3=O)c2)no1. The minimum absolute atomic E-state index is 0.0121. The minimum atomic E-state index is -0.843. The fourth-order valence-corrected chi connectivity index (χ4v) is 3.07. The summed E-state index contributed by atoms with van der Waals surface area (Å²) >= 11 is 0. The quantitative estimate of drug-likeness (QED) is 0.610. The van der Waals surface area contributed by atoms with Crippen LogP contribution in [0, 0.1) is 5.41 Å². The third-order valence-corrected chi connectivity index (χ3v) is 4.44. The van der Waals surface area contributed by atoms with E-state index in [4.69, 9.17) is 9.36 Å². The number of hydroxylamine groups is 2. The molecule has 0 unspecified atom stereocenters. The van der Waals surface area contributed by atoms with Gasteiger partial charge in [0.2, 0.25) is 11.7 Å². The van der Waals surface area contributed by atoms with Crippen LogP contribution >= 0.6 is 0 Å². The first-order valence-corrected chi connectivity index (χ1v) is 9.36. The van der Waals surface area contributed by atoms with Gasteiger partial charge in [0, 0.05) is 12.0 Å². The molecule has 2 heterocycles. The molecule has 0 bridgehead atoms. The Morgan fingerprint density at radius 3 is 2.33 bits per heavy atom. The molecule has 0 aliphatic carbocycles. The molecule has 0 N–H and O–H groups in total. The van der Waals surface area contributed by atoms with Crippen molar-refractivity contribution >= 4 is 17.8 Å². The summed E-state index contributed by atoms with van der Waals surface area (Å²) in [4.78, 5) is 46.8. The van der Waals surface area contributed by atoms with Gasteiger partial charge < -0.3 is 9.36 Å². The molecule has 1 aliphatic rings. The first kappa shape index (κ1) is 19.5. The van der Waals surface area contributed by atoms with Crippen molar-refractivity contribution in [3.63, 3.8) is 0 Å². The molecular weight excluding hydrogens is 386 g/mol. The van der Waals surface area contributed by atoms with Gasteiger partial charge in [-0.2, -0.15) is 4.98 Å². The second kappa shape index (κ2) is 7.22. The van der Waals surface area contributed by atoms with Gasteiger partial charge in [-0.15, -0.1) is 0 Å². The Labute approximate surface area is 172 Å². The highest BCUT2D eigenvalue weighted by Gasteiger charge is 2.38. The average molecular weight is 405 g/mol. The average Bonchev–Trinajstić information content (AvgIpc) is 3.26. The van der Waals surface area contributed by atoms with Crippen LogP contribution in [0.1, 0.15) is 57.7 Å². The van der Waals surface area contributed by atoms with E-state index in [-0.39, 0.29) is 22.1 Å². The Balaban J connectivity index is 1.53. The number of amides is 2. The molecule has 4 rings (SSSR count). The Kier molecular flexibility index (Phi) is 4.69. The van der Waals surface area contributed by atoms with E-state index in [9.17, 15) is 14.4 Å². The van der Waals surface area contributed by atoms with Gasteiger partial charge in [0.25, 0.3) is 11.8 Å². The van der Waals surface area contributed by atoms with Crippen molar-refractivity contribution < 1.29 is 23.7 Å². The largest absolute Gasteiger partial charge is 0.363 e. The van der Waals surface area contributed by atoms with Gasteiger partial charge in [-0.3, -0.25) is 9.59 Å². The van der Waals surface area contributed by atoms with Crippen molar-refractivity contribution in [2.45, 2.75) is 27.2 Å². The predicted octanol–water partition coefficient (Wildman–Crippen LogP) is 3.69. The lowest BCUT2D eigenvalue weighted by atomic mass is 9.92. The maximum absolute atomic E-state index is 12.6. The standard InChI is InChI=1S/C22H19N3O5/c1-22(2,3)12-17-23-18(24-29-17)13-7-6-8-14(11-13)21(28)30-25-19(26)15-9-4-5-10-16(15)20(25)27/h4-11H,12H2,1-3H3. The van der Waals surface area contributed by atoms with Crippen LogP contribution in [0.15, 0.2) is 53.1 Å². The van der Waals surface area contributed by atoms with Crippen molar-refractivity contribution in [3.8, 4) is 11.4 Å². The smallest absolute Gasteiger partial charge is 0.339 e. The Morgan fingerprint density at radius 1 is 1.03 bits per heavy atom. The number of hydrogen-bond acceptors (Lipinski definition) is 7. The summed E-state index contributed by atoms with van der Waals surface area (Å²) in [5, 5.41) is 4.45. The number of imide groups is 1.